The van der Waals surface area contributed by atoms with Crippen LogP contribution in [0.2, 0.25) is 0 Å². The Morgan fingerprint density at radius 2 is 1.90 bits per heavy atom. The molecule has 0 saturated carbocycles. The number of unbranched alkanes of at least 4 members (excludes halogenated alkanes) is 4. The van der Waals surface area contributed by atoms with E-state index in [1.807, 2.05) is 12.1 Å². The molecule has 0 aliphatic carbocycles. The summed E-state index contributed by atoms with van der Waals surface area (Å²) >= 11 is 0. The van der Waals surface area contributed by atoms with Gasteiger partial charge >= 0.3 is 0 Å². The Morgan fingerprint density at radius 1 is 1.07 bits per heavy atom. The molecule has 1 aliphatic heterocycles. The fourth-order valence-corrected chi connectivity index (χ4v) is 3.74. The Kier molecular flexibility index (Phi) is 7.90. The molecule has 4 rings (SSSR count). The van der Waals surface area contributed by atoms with Gasteiger partial charge in [0.05, 0.1) is 12.6 Å². The molecule has 1 saturated heterocycles. The minimum absolute atomic E-state index is 0. The molecule has 1 fully saturated rings. The second-order valence-electron chi connectivity index (χ2n) is 7.59. The van der Waals surface area contributed by atoms with E-state index in [0.717, 1.165) is 54.5 Å². The summed E-state index contributed by atoms with van der Waals surface area (Å²) in [5.41, 5.74) is 0.977. The van der Waals surface area contributed by atoms with Crippen LogP contribution in [0.15, 0.2) is 40.9 Å². The summed E-state index contributed by atoms with van der Waals surface area (Å²) in [4.78, 5) is 4.59. The van der Waals surface area contributed by atoms with Crippen molar-refractivity contribution in [3.8, 4) is 17.1 Å². The molecule has 0 unspecified atom stereocenters. The molecule has 1 atom stereocenters. The Hall–Kier alpha value is -2.11. The molecule has 3 aromatic rings. The first-order chi connectivity index (χ1) is 13.8. The van der Waals surface area contributed by atoms with Crippen LogP contribution in [-0.4, -0.2) is 23.3 Å². The van der Waals surface area contributed by atoms with Crippen molar-refractivity contribution in [3.63, 3.8) is 0 Å². The number of hydrogen-bond donors (Lipinski definition) is 1. The number of halogens is 1. The molecular weight excluding hydrogens is 386 g/mol. The van der Waals surface area contributed by atoms with Gasteiger partial charge < -0.3 is 14.6 Å². The predicted molar refractivity (Wildman–Crippen MR) is 119 cm³/mol. The monoisotopic (exact) mass is 415 g/mol. The normalized spacial score (nSPS) is 16.1. The number of aromatic nitrogens is 2. The highest BCUT2D eigenvalue weighted by Crippen LogP contribution is 2.28. The first kappa shape index (κ1) is 21.6. The summed E-state index contributed by atoms with van der Waals surface area (Å²) in [5, 5.41) is 9.88. The molecular formula is C23H30ClN3O2. The SMILES string of the molecule is CCCCCCCOc1ccc2cc(-c3noc([C@@H]4CCCN4)n3)ccc2c1.Cl. The van der Waals surface area contributed by atoms with E-state index >= 15 is 0 Å². The van der Waals surface area contributed by atoms with E-state index in [1.54, 1.807) is 0 Å². The van der Waals surface area contributed by atoms with Crippen LogP contribution < -0.4 is 10.1 Å². The van der Waals surface area contributed by atoms with E-state index in [0.29, 0.717) is 11.7 Å². The summed E-state index contributed by atoms with van der Waals surface area (Å²) in [7, 11) is 0. The zero-order chi connectivity index (χ0) is 19.2. The van der Waals surface area contributed by atoms with Gasteiger partial charge in [0.25, 0.3) is 0 Å². The lowest BCUT2D eigenvalue weighted by Crippen LogP contribution is -2.12. The van der Waals surface area contributed by atoms with E-state index in [-0.39, 0.29) is 18.4 Å². The summed E-state index contributed by atoms with van der Waals surface area (Å²) in [5.74, 6) is 2.28. The van der Waals surface area contributed by atoms with Crippen molar-refractivity contribution in [2.75, 3.05) is 13.2 Å². The molecule has 2 aromatic carbocycles. The lowest BCUT2D eigenvalue weighted by atomic mass is 10.1. The fourth-order valence-electron chi connectivity index (χ4n) is 3.74. The zero-order valence-corrected chi connectivity index (χ0v) is 17.8. The molecule has 0 bridgehead atoms. The van der Waals surface area contributed by atoms with Gasteiger partial charge in [-0.25, -0.2) is 0 Å². The van der Waals surface area contributed by atoms with Crippen LogP contribution in [0, 0.1) is 0 Å². The first-order valence-corrected chi connectivity index (χ1v) is 10.6. The quantitative estimate of drug-likeness (QED) is 0.429. The summed E-state index contributed by atoms with van der Waals surface area (Å²) in [6, 6.07) is 12.7. The molecule has 2 heterocycles. The first-order valence-electron chi connectivity index (χ1n) is 10.6. The Bertz CT molecular complexity index is 906. The molecule has 156 valence electrons. The molecule has 0 spiro atoms. The molecule has 0 radical (unpaired) electrons. The van der Waals surface area contributed by atoms with E-state index < -0.39 is 0 Å². The predicted octanol–water partition coefficient (Wildman–Crippen LogP) is 6.09. The smallest absolute Gasteiger partial charge is 0.244 e. The topological polar surface area (TPSA) is 60.2 Å². The minimum atomic E-state index is 0. The van der Waals surface area contributed by atoms with Gasteiger partial charge in [-0.15, -0.1) is 12.4 Å². The molecule has 6 heteroatoms. The maximum atomic E-state index is 5.92. The summed E-state index contributed by atoms with van der Waals surface area (Å²) in [6.07, 6.45) is 8.46. The van der Waals surface area contributed by atoms with E-state index in [2.05, 4.69) is 46.6 Å². The minimum Gasteiger partial charge on any atom is -0.494 e. The highest BCUT2D eigenvalue weighted by molar-refractivity contribution is 5.87. The number of rotatable bonds is 9. The number of benzene rings is 2. The Labute approximate surface area is 178 Å². The van der Waals surface area contributed by atoms with Crippen molar-refractivity contribution in [3.05, 3.63) is 42.3 Å². The third-order valence-corrected chi connectivity index (χ3v) is 5.39. The van der Waals surface area contributed by atoms with Gasteiger partial charge in [0.15, 0.2) is 0 Å². The molecule has 5 nitrogen and oxygen atoms in total. The van der Waals surface area contributed by atoms with E-state index in [4.69, 9.17) is 9.26 Å². The number of hydrogen-bond acceptors (Lipinski definition) is 5. The van der Waals surface area contributed by atoms with Crippen LogP contribution in [0.3, 0.4) is 0 Å². The van der Waals surface area contributed by atoms with Crippen molar-refractivity contribution < 1.29 is 9.26 Å². The van der Waals surface area contributed by atoms with Crippen LogP contribution in [-0.2, 0) is 0 Å². The molecule has 1 N–H and O–H groups in total. The third kappa shape index (κ3) is 5.49. The van der Waals surface area contributed by atoms with Gasteiger partial charge in [0.1, 0.15) is 5.75 Å². The van der Waals surface area contributed by atoms with Crippen LogP contribution in [0.4, 0.5) is 0 Å². The average Bonchev–Trinajstić information content (AvgIpc) is 3.42. The van der Waals surface area contributed by atoms with Crippen LogP contribution in [0.25, 0.3) is 22.2 Å². The largest absolute Gasteiger partial charge is 0.494 e. The van der Waals surface area contributed by atoms with Crippen molar-refractivity contribution >= 4 is 23.2 Å². The second kappa shape index (κ2) is 10.6. The van der Waals surface area contributed by atoms with E-state index in [1.165, 1.54) is 25.7 Å². The standard InChI is InChI=1S/C23H29N3O2.ClH/c1-2-3-4-5-6-14-27-20-12-11-17-15-19(10-9-18(17)16-20)22-25-23(28-26-22)21-8-7-13-24-21;/h9-12,15-16,21,24H,2-8,13-14H2,1H3;1H/t21-;/m0./s1. The number of ether oxygens (including phenoxy) is 1. The third-order valence-electron chi connectivity index (χ3n) is 5.39. The molecule has 29 heavy (non-hydrogen) atoms. The van der Waals surface area contributed by atoms with Crippen molar-refractivity contribution in [2.45, 2.75) is 57.9 Å². The van der Waals surface area contributed by atoms with Gasteiger partial charge in [0, 0.05) is 5.56 Å². The second-order valence-corrected chi connectivity index (χ2v) is 7.59. The Balaban J connectivity index is 0.00000240. The van der Waals surface area contributed by atoms with Gasteiger partial charge in [-0.05, 0) is 54.8 Å². The maximum Gasteiger partial charge on any atom is 0.244 e. The van der Waals surface area contributed by atoms with Gasteiger partial charge in [0.2, 0.25) is 11.7 Å². The molecule has 1 aromatic heterocycles. The summed E-state index contributed by atoms with van der Waals surface area (Å²) < 4.78 is 11.4. The average molecular weight is 416 g/mol. The van der Waals surface area contributed by atoms with E-state index in [9.17, 15) is 0 Å². The van der Waals surface area contributed by atoms with Gasteiger partial charge in [-0.2, -0.15) is 4.98 Å². The van der Waals surface area contributed by atoms with Gasteiger partial charge in [-0.1, -0.05) is 56.0 Å². The van der Waals surface area contributed by atoms with Crippen molar-refractivity contribution in [2.24, 2.45) is 0 Å². The maximum absolute atomic E-state index is 5.92. The highest BCUT2D eigenvalue weighted by Gasteiger charge is 2.22. The van der Waals surface area contributed by atoms with Crippen molar-refractivity contribution in [1.29, 1.82) is 0 Å². The lowest BCUT2D eigenvalue weighted by molar-refractivity contribution is 0.305. The fraction of sp³-hybridized carbons (Fsp3) is 0.478. The van der Waals surface area contributed by atoms with Crippen LogP contribution in [0.1, 0.15) is 63.8 Å². The number of nitrogens with one attached hydrogen (secondary N) is 1. The lowest BCUT2D eigenvalue weighted by Gasteiger charge is -2.08. The molecule has 1 aliphatic rings. The zero-order valence-electron chi connectivity index (χ0n) is 17.0. The highest BCUT2D eigenvalue weighted by atomic mass is 35.5. The van der Waals surface area contributed by atoms with Crippen LogP contribution in [0.5, 0.6) is 5.75 Å². The summed E-state index contributed by atoms with van der Waals surface area (Å²) in [6.45, 7) is 4.04. The molecule has 0 amide bonds. The van der Waals surface area contributed by atoms with Crippen LogP contribution >= 0.6 is 12.4 Å². The number of nitrogens with zero attached hydrogens (tertiary/aromatic N) is 2. The number of fused-ring (bicyclic) bond motifs is 1. The van der Waals surface area contributed by atoms with Gasteiger partial charge in [-0.3, -0.25) is 0 Å². The van der Waals surface area contributed by atoms with Crippen molar-refractivity contribution in [1.82, 2.24) is 15.5 Å². The Morgan fingerprint density at radius 3 is 2.72 bits per heavy atom.